The molecule has 1 heterocycles. The number of methoxy groups -OCH3 is 2. The van der Waals surface area contributed by atoms with Gasteiger partial charge in [-0.25, -0.2) is 4.79 Å². The molecule has 2 aromatic rings. The van der Waals surface area contributed by atoms with E-state index in [1.807, 2.05) is 23.1 Å². The maximum absolute atomic E-state index is 12.7. The second-order valence-electron chi connectivity index (χ2n) is 5.90. The Bertz CT molecular complexity index is 749. The summed E-state index contributed by atoms with van der Waals surface area (Å²) in [5.41, 5.74) is 1.77. The second kappa shape index (κ2) is 7.66. The van der Waals surface area contributed by atoms with E-state index in [1.165, 1.54) is 0 Å². The molecule has 0 saturated carbocycles. The third kappa shape index (κ3) is 3.82. The maximum atomic E-state index is 12.7. The lowest BCUT2D eigenvalue weighted by molar-refractivity contribution is 0.207. The summed E-state index contributed by atoms with van der Waals surface area (Å²) < 4.78 is 10.7. The Morgan fingerprint density at radius 2 is 1.84 bits per heavy atom. The fourth-order valence-corrected chi connectivity index (χ4v) is 3.27. The van der Waals surface area contributed by atoms with Crippen LogP contribution in [0.15, 0.2) is 42.5 Å². The first-order chi connectivity index (χ1) is 12.1. The molecule has 0 bridgehead atoms. The van der Waals surface area contributed by atoms with E-state index in [-0.39, 0.29) is 12.1 Å². The van der Waals surface area contributed by atoms with Gasteiger partial charge in [-0.15, -0.1) is 0 Å². The molecule has 5 nitrogen and oxygen atoms in total. The number of halogens is 1. The largest absolute Gasteiger partial charge is 0.493 e. The summed E-state index contributed by atoms with van der Waals surface area (Å²) in [7, 11) is 3.22. The molecule has 2 amide bonds. The standard InChI is InChI=1S/C19H21ClN2O3/c1-24-17-10-5-13(12-18(17)25-2)16-4-3-11-22(16)19(23)21-15-8-6-14(20)7-9-15/h5-10,12,16H,3-4,11H2,1-2H3,(H,21,23)/t16-/m1/s1. The number of nitrogens with one attached hydrogen (secondary N) is 1. The number of urea groups is 1. The van der Waals surface area contributed by atoms with Gasteiger partial charge in [0.05, 0.1) is 20.3 Å². The number of ether oxygens (including phenoxy) is 2. The Morgan fingerprint density at radius 1 is 1.12 bits per heavy atom. The third-order valence-corrected chi connectivity index (χ3v) is 4.65. The predicted molar refractivity (Wildman–Crippen MR) is 98.7 cm³/mol. The molecule has 0 spiro atoms. The van der Waals surface area contributed by atoms with Crippen LogP contribution in [-0.4, -0.2) is 31.7 Å². The van der Waals surface area contributed by atoms with Crippen molar-refractivity contribution in [1.29, 1.82) is 0 Å². The molecule has 1 N–H and O–H groups in total. The van der Waals surface area contributed by atoms with Crippen molar-refractivity contribution in [3.05, 3.63) is 53.1 Å². The number of rotatable bonds is 4. The second-order valence-corrected chi connectivity index (χ2v) is 6.34. The monoisotopic (exact) mass is 360 g/mol. The fraction of sp³-hybridized carbons (Fsp3) is 0.316. The molecule has 0 unspecified atom stereocenters. The van der Waals surface area contributed by atoms with Gasteiger partial charge in [0.15, 0.2) is 11.5 Å². The summed E-state index contributed by atoms with van der Waals surface area (Å²) in [5.74, 6) is 1.35. The van der Waals surface area contributed by atoms with Gasteiger partial charge in [0.25, 0.3) is 0 Å². The first kappa shape index (κ1) is 17.4. The highest BCUT2D eigenvalue weighted by Crippen LogP contribution is 2.37. The van der Waals surface area contributed by atoms with E-state index in [9.17, 15) is 4.79 Å². The van der Waals surface area contributed by atoms with Gasteiger partial charge in [0, 0.05) is 17.3 Å². The molecule has 0 radical (unpaired) electrons. The zero-order valence-electron chi connectivity index (χ0n) is 14.3. The van der Waals surface area contributed by atoms with Crippen molar-refractivity contribution in [3.63, 3.8) is 0 Å². The minimum Gasteiger partial charge on any atom is -0.493 e. The lowest BCUT2D eigenvalue weighted by atomic mass is 10.0. The van der Waals surface area contributed by atoms with Gasteiger partial charge in [-0.3, -0.25) is 0 Å². The topological polar surface area (TPSA) is 50.8 Å². The number of likely N-dealkylation sites (tertiary alicyclic amines) is 1. The number of hydrogen-bond donors (Lipinski definition) is 1. The van der Waals surface area contributed by atoms with Crippen molar-refractivity contribution in [1.82, 2.24) is 4.90 Å². The number of nitrogens with zero attached hydrogens (tertiary/aromatic N) is 1. The van der Waals surface area contributed by atoms with E-state index in [0.717, 1.165) is 30.6 Å². The van der Waals surface area contributed by atoms with Crippen LogP contribution in [0.4, 0.5) is 10.5 Å². The highest BCUT2D eigenvalue weighted by molar-refractivity contribution is 6.30. The molecule has 0 aliphatic carbocycles. The molecule has 1 atom stereocenters. The molecule has 0 aromatic heterocycles. The Labute approximate surface area is 152 Å². The molecule has 1 aliphatic rings. The van der Waals surface area contributed by atoms with Crippen molar-refractivity contribution >= 4 is 23.3 Å². The van der Waals surface area contributed by atoms with Gasteiger partial charge in [-0.05, 0) is 54.8 Å². The number of hydrogen-bond acceptors (Lipinski definition) is 3. The zero-order valence-corrected chi connectivity index (χ0v) is 15.0. The van der Waals surface area contributed by atoms with E-state index in [4.69, 9.17) is 21.1 Å². The minimum atomic E-state index is -0.111. The van der Waals surface area contributed by atoms with E-state index >= 15 is 0 Å². The molecular formula is C19H21ClN2O3. The van der Waals surface area contributed by atoms with Crippen LogP contribution in [0, 0.1) is 0 Å². The molecule has 2 aromatic carbocycles. The lowest BCUT2D eigenvalue weighted by Gasteiger charge is -2.26. The highest BCUT2D eigenvalue weighted by atomic mass is 35.5. The van der Waals surface area contributed by atoms with Crippen LogP contribution in [0.5, 0.6) is 11.5 Å². The smallest absolute Gasteiger partial charge is 0.322 e. The number of carbonyl (C=O) groups is 1. The fourth-order valence-electron chi connectivity index (χ4n) is 3.14. The molecule has 132 valence electrons. The summed E-state index contributed by atoms with van der Waals surface area (Å²) in [6, 6.07) is 12.8. The Morgan fingerprint density at radius 3 is 2.52 bits per heavy atom. The maximum Gasteiger partial charge on any atom is 0.322 e. The first-order valence-electron chi connectivity index (χ1n) is 8.17. The van der Waals surface area contributed by atoms with Crippen LogP contribution in [0.25, 0.3) is 0 Å². The minimum absolute atomic E-state index is 0.0205. The van der Waals surface area contributed by atoms with Crippen molar-refractivity contribution in [2.24, 2.45) is 0 Å². The lowest BCUT2D eigenvalue weighted by Crippen LogP contribution is -2.34. The van der Waals surface area contributed by atoms with Gasteiger partial charge < -0.3 is 19.7 Å². The van der Waals surface area contributed by atoms with Crippen LogP contribution in [0.1, 0.15) is 24.4 Å². The summed E-state index contributed by atoms with van der Waals surface area (Å²) in [5, 5.41) is 3.58. The number of anilines is 1. The molecule has 1 aliphatic heterocycles. The molecule has 3 rings (SSSR count). The van der Waals surface area contributed by atoms with Crippen molar-refractivity contribution in [2.75, 3.05) is 26.1 Å². The van der Waals surface area contributed by atoms with Crippen LogP contribution < -0.4 is 14.8 Å². The Balaban J connectivity index is 1.77. The highest BCUT2D eigenvalue weighted by Gasteiger charge is 2.30. The van der Waals surface area contributed by atoms with Crippen LogP contribution in [-0.2, 0) is 0 Å². The van der Waals surface area contributed by atoms with Crippen molar-refractivity contribution in [3.8, 4) is 11.5 Å². The van der Waals surface area contributed by atoms with E-state index in [2.05, 4.69) is 5.32 Å². The normalized spacial score (nSPS) is 16.6. The summed E-state index contributed by atoms with van der Waals surface area (Å²) >= 11 is 5.89. The Hall–Kier alpha value is -2.40. The third-order valence-electron chi connectivity index (χ3n) is 4.40. The van der Waals surface area contributed by atoms with Gasteiger partial charge in [0.1, 0.15) is 0 Å². The van der Waals surface area contributed by atoms with E-state index < -0.39 is 0 Å². The SMILES string of the molecule is COc1ccc([C@H]2CCCN2C(=O)Nc2ccc(Cl)cc2)cc1OC. The zero-order chi connectivity index (χ0) is 17.8. The molecule has 25 heavy (non-hydrogen) atoms. The average Bonchev–Trinajstić information content (AvgIpc) is 3.13. The van der Waals surface area contributed by atoms with Crippen molar-refractivity contribution in [2.45, 2.75) is 18.9 Å². The Kier molecular flexibility index (Phi) is 5.34. The quantitative estimate of drug-likeness (QED) is 0.857. The number of benzene rings is 2. The van der Waals surface area contributed by atoms with E-state index in [0.29, 0.717) is 16.5 Å². The molecule has 6 heteroatoms. The van der Waals surface area contributed by atoms with Crippen molar-refractivity contribution < 1.29 is 14.3 Å². The summed E-state index contributed by atoms with van der Waals surface area (Å²) in [6.07, 6.45) is 1.89. The first-order valence-corrected chi connectivity index (χ1v) is 8.55. The number of carbonyl (C=O) groups excluding carboxylic acids is 1. The molecule has 1 saturated heterocycles. The van der Waals surface area contributed by atoms with Crippen LogP contribution in [0.3, 0.4) is 0 Å². The van der Waals surface area contributed by atoms with E-state index in [1.54, 1.807) is 38.5 Å². The van der Waals surface area contributed by atoms with Crippen LogP contribution in [0.2, 0.25) is 5.02 Å². The molecule has 1 fully saturated rings. The average molecular weight is 361 g/mol. The van der Waals surface area contributed by atoms with Gasteiger partial charge in [-0.1, -0.05) is 17.7 Å². The predicted octanol–water partition coefficient (Wildman–Crippen LogP) is 4.73. The summed E-state index contributed by atoms with van der Waals surface area (Å²) in [4.78, 5) is 14.5. The number of amides is 2. The molecular weight excluding hydrogens is 340 g/mol. The van der Waals surface area contributed by atoms with Gasteiger partial charge >= 0.3 is 6.03 Å². The van der Waals surface area contributed by atoms with Gasteiger partial charge in [0.2, 0.25) is 0 Å². The van der Waals surface area contributed by atoms with Gasteiger partial charge in [-0.2, -0.15) is 0 Å². The van der Waals surface area contributed by atoms with Crippen LogP contribution >= 0.6 is 11.6 Å². The summed E-state index contributed by atoms with van der Waals surface area (Å²) in [6.45, 7) is 0.721.